The number of quaternary nitrogens is 1. The first-order valence-corrected chi connectivity index (χ1v) is 28.6. The topological polar surface area (TPSA) is 114 Å². The molecule has 3 atom stereocenters. The molecule has 0 aliphatic rings. The van der Waals surface area contributed by atoms with Gasteiger partial charge in [-0.15, -0.1) is 0 Å². The fourth-order valence-corrected chi connectivity index (χ4v) is 8.23. The van der Waals surface area contributed by atoms with E-state index in [0.29, 0.717) is 17.4 Å². The molecular weight excluding hydrogens is 844 g/mol. The average molecular weight is 947 g/mol. The highest BCUT2D eigenvalue weighted by molar-refractivity contribution is 7.45. The maximum absolute atomic E-state index is 13.4. The fourth-order valence-electron chi connectivity index (χ4n) is 7.51. The minimum absolute atomic E-state index is 0.0294. The van der Waals surface area contributed by atoms with E-state index in [9.17, 15) is 19.0 Å². The molecule has 0 saturated heterocycles. The van der Waals surface area contributed by atoms with Gasteiger partial charge in [0.05, 0.1) is 33.8 Å². The fraction of sp³-hybridized carbons (Fsp3) is 0.786. The van der Waals surface area contributed by atoms with Crippen LogP contribution in [-0.2, 0) is 27.9 Å². The van der Waals surface area contributed by atoms with Crippen LogP contribution in [0, 0.1) is 0 Å². The predicted molar refractivity (Wildman–Crippen MR) is 279 cm³/mol. The van der Waals surface area contributed by atoms with Gasteiger partial charge < -0.3 is 28.5 Å². The van der Waals surface area contributed by atoms with Gasteiger partial charge in [0.15, 0.2) is 0 Å². The summed E-state index contributed by atoms with van der Waals surface area (Å²) < 4.78 is 30.1. The molecule has 1 N–H and O–H groups in total. The van der Waals surface area contributed by atoms with Gasteiger partial charge in [0.1, 0.15) is 19.3 Å². The lowest BCUT2D eigenvalue weighted by atomic mass is 10.0. The number of carbonyl (C=O) groups excluding carboxylic acids is 2. The minimum atomic E-state index is -4.70. The highest BCUT2D eigenvalue weighted by atomic mass is 31.2. The highest BCUT2D eigenvalue weighted by Crippen LogP contribution is 2.38. The molecule has 0 radical (unpaired) electrons. The van der Waals surface area contributed by atoms with Gasteiger partial charge in [-0.3, -0.25) is 14.2 Å². The van der Waals surface area contributed by atoms with Crippen molar-refractivity contribution in [1.82, 2.24) is 5.32 Å². The van der Waals surface area contributed by atoms with Crippen LogP contribution in [0.4, 0.5) is 0 Å². The van der Waals surface area contributed by atoms with E-state index in [-0.39, 0.29) is 31.3 Å². The van der Waals surface area contributed by atoms with E-state index < -0.39 is 26.6 Å². The van der Waals surface area contributed by atoms with Crippen molar-refractivity contribution in [1.29, 1.82) is 0 Å². The Morgan fingerprint density at radius 2 is 0.970 bits per heavy atom. The number of phosphoric ester groups is 1. The molecule has 3 unspecified atom stereocenters. The molecule has 0 saturated carbocycles. The van der Waals surface area contributed by atoms with E-state index in [1.165, 1.54) is 109 Å². The number of hydrogen-bond acceptors (Lipinski definition) is 7. The molecule has 384 valence electrons. The number of allylic oxidation sites excluding steroid dienone is 9. The van der Waals surface area contributed by atoms with Crippen LogP contribution in [0.25, 0.3) is 0 Å². The predicted octanol–water partition coefficient (Wildman–Crippen LogP) is 15.3. The number of likely N-dealkylation sites (N-methyl/N-ethyl adjacent to an activating group) is 1. The minimum Gasteiger partial charge on any atom is -0.756 e. The number of rotatable bonds is 48. The molecule has 10 heteroatoms. The van der Waals surface area contributed by atoms with E-state index >= 15 is 0 Å². The summed E-state index contributed by atoms with van der Waals surface area (Å²) in [6.45, 7) is 6.68. The molecule has 0 aliphatic heterocycles. The molecule has 0 rings (SSSR count). The average Bonchev–Trinajstić information content (AvgIpc) is 3.27. The van der Waals surface area contributed by atoms with Gasteiger partial charge in [0.25, 0.3) is 7.82 Å². The summed E-state index contributed by atoms with van der Waals surface area (Å²) in [6, 6.07) is -0.902. The smallest absolute Gasteiger partial charge is 0.306 e. The van der Waals surface area contributed by atoms with E-state index in [1.807, 2.05) is 33.3 Å². The van der Waals surface area contributed by atoms with Crippen molar-refractivity contribution in [3.05, 3.63) is 60.8 Å². The van der Waals surface area contributed by atoms with Gasteiger partial charge >= 0.3 is 5.97 Å². The summed E-state index contributed by atoms with van der Waals surface area (Å²) in [4.78, 5) is 39.7. The van der Waals surface area contributed by atoms with E-state index in [4.69, 9.17) is 13.8 Å². The van der Waals surface area contributed by atoms with E-state index in [0.717, 1.165) is 83.5 Å². The van der Waals surface area contributed by atoms with Gasteiger partial charge in [-0.25, -0.2) is 0 Å². The lowest BCUT2D eigenvalue weighted by Gasteiger charge is -2.30. The van der Waals surface area contributed by atoms with Crippen molar-refractivity contribution in [2.75, 3.05) is 40.9 Å². The van der Waals surface area contributed by atoms with Gasteiger partial charge in [-0.2, -0.15) is 0 Å². The first kappa shape index (κ1) is 63.7. The van der Waals surface area contributed by atoms with Gasteiger partial charge in [0.2, 0.25) is 5.91 Å². The Bertz CT molecular complexity index is 1320. The van der Waals surface area contributed by atoms with Crippen LogP contribution in [0.3, 0.4) is 0 Å². The van der Waals surface area contributed by atoms with Crippen molar-refractivity contribution in [3.8, 4) is 0 Å². The lowest BCUT2D eigenvalue weighted by Crippen LogP contribution is -2.47. The maximum Gasteiger partial charge on any atom is 0.306 e. The second-order valence-electron chi connectivity index (χ2n) is 19.4. The standard InChI is InChI=1S/C56H103N2O7P/c1-7-10-13-16-19-22-25-27-28-29-31-33-36-39-42-45-48-55(59)57-53(52-64-66(61,62)63-51-50-58(4,5)6)54(47-44-41-38-35-32-24-21-18-15-12-9-3)65-56(60)49-46-43-40-37-34-30-26-23-20-17-14-11-8-2/h10,13,19,22,27-28,31,33,44,47,53-54H,7-9,11-12,14-18,20-21,23-26,29-30,32,34-43,45-46,48-52H2,1-6H3,(H-,57,59,61,62)/b13-10+,22-19+,28-27+,33-31+,47-44+. The third-order valence-corrected chi connectivity index (χ3v) is 12.7. The van der Waals surface area contributed by atoms with Gasteiger partial charge in [-0.05, 0) is 70.3 Å². The molecule has 0 aromatic carbocycles. The van der Waals surface area contributed by atoms with Crippen molar-refractivity contribution in [2.24, 2.45) is 0 Å². The van der Waals surface area contributed by atoms with Gasteiger partial charge in [-0.1, -0.05) is 210 Å². The van der Waals surface area contributed by atoms with E-state index in [2.05, 4.69) is 74.7 Å². The van der Waals surface area contributed by atoms with Crippen molar-refractivity contribution >= 4 is 19.7 Å². The Kier molecular flexibility index (Phi) is 44.8. The third-order valence-electron chi connectivity index (χ3n) is 11.7. The first-order valence-electron chi connectivity index (χ1n) is 27.1. The second-order valence-corrected chi connectivity index (χ2v) is 20.8. The highest BCUT2D eigenvalue weighted by Gasteiger charge is 2.27. The monoisotopic (exact) mass is 947 g/mol. The molecule has 9 nitrogen and oxygen atoms in total. The quantitative estimate of drug-likeness (QED) is 0.0212. The Hall–Kier alpha value is -2.29. The van der Waals surface area contributed by atoms with Crippen LogP contribution >= 0.6 is 7.82 Å². The van der Waals surface area contributed by atoms with E-state index in [1.54, 1.807) is 0 Å². The van der Waals surface area contributed by atoms with Crippen LogP contribution in [0.15, 0.2) is 60.8 Å². The molecule has 66 heavy (non-hydrogen) atoms. The summed E-state index contributed by atoms with van der Waals surface area (Å²) in [5, 5.41) is 2.99. The molecule has 0 aromatic rings. The largest absolute Gasteiger partial charge is 0.756 e. The molecule has 0 aliphatic carbocycles. The first-order chi connectivity index (χ1) is 31.9. The summed E-state index contributed by atoms with van der Waals surface area (Å²) >= 11 is 0. The Morgan fingerprint density at radius 3 is 1.47 bits per heavy atom. The maximum atomic E-state index is 13.4. The number of phosphoric acid groups is 1. The SMILES string of the molecule is CC/C=C/C/C=C/C/C=C/C/C=C/CCCCCC(=O)NC(COP(=O)([O-])OCC[N+](C)(C)C)C(/C=C/CCCCCCCCCCC)OC(=O)CCCCCCCCCCCCCCC. The summed E-state index contributed by atoms with van der Waals surface area (Å²) in [5.74, 6) is -0.577. The molecular formula is C56H103N2O7P. The molecule has 1 amide bonds. The zero-order chi connectivity index (χ0) is 48.7. The van der Waals surface area contributed by atoms with Crippen molar-refractivity contribution in [2.45, 2.75) is 245 Å². The normalized spacial score (nSPS) is 14.3. The molecule has 0 spiro atoms. The molecule has 0 fully saturated rings. The number of nitrogens with zero attached hydrogens (tertiary/aromatic N) is 1. The number of amides is 1. The Labute approximate surface area is 407 Å². The number of nitrogens with one attached hydrogen (secondary N) is 1. The third kappa shape index (κ3) is 46.8. The summed E-state index contributed by atoms with van der Waals surface area (Å²) in [6.07, 6.45) is 56.1. The summed E-state index contributed by atoms with van der Waals surface area (Å²) in [7, 11) is 1.16. The van der Waals surface area contributed by atoms with Crippen LogP contribution < -0.4 is 10.2 Å². The van der Waals surface area contributed by atoms with Gasteiger partial charge in [0, 0.05) is 12.8 Å². The van der Waals surface area contributed by atoms with Crippen LogP contribution in [0.5, 0.6) is 0 Å². The second kappa shape index (κ2) is 46.4. The number of carbonyl (C=O) groups is 2. The molecule has 0 heterocycles. The number of ether oxygens (including phenoxy) is 1. The molecule has 0 bridgehead atoms. The summed E-state index contributed by atoms with van der Waals surface area (Å²) in [5.41, 5.74) is 0. The van der Waals surface area contributed by atoms with Crippen molar-refractivity contribution < 1.29 is 37.3 Å². The van der Waals surface area contributed by atoms with Crippen LogP contribution in [-0.4, -0.2) is 69.4 Å². The van der Waals surface area contributed by atoms with Crippen LogP contribution in [0.1, 0.15) is 233 Å². The number of unbranched alkanes of at least 4 members (excludes halogenated alkanes) is 24. The zero-order valence-electron chi connectivity index (χ0n) is 43.6. The zero-order valence-corrected chi connectivity index (χ0v) is 44.5. The Morgan fingerprint density at radius 1 is 0.545 bits per heavy atom. The number of hydrogen-bond donors (Lipinski definition) is 1. The van der Waals surface area contributed by atoms with Crippen molar-refractivity contribution in [3.63, 3.8) is 0 Å². The number of esters is 1. The Balaban J connectivity index is 5.43. The lowest BCUT2D eigenvalue weighted by molar-refractivity contribution is -0.870. The van der Waals surface area contributed by atoms with Crippen LogP contribution in [0.2, 0.25) is 0 Å². The molecule has 0 aromatic heterocycles.